The van der Waals surface area contributed by atoms with Gasteiger partial charge < -0.3 is 15.2 Å². The predicted octanol–water partition coefficient (Wildman–Crippen LogP) is 2.65. The van der Waals surface area contributed by atoms with E-state index in [9.17, 15) is 5.11 Å². The van der Waals surface area contributed by atoms with Gasteiger partial charge in [-0.1, -0.05) is 25.0 Å². The first-order valence-electron chi connectivity index (χ1n) is 6.73. The van der Waals surface area contributed by atoms with E-state index in [-0.39, 0.29) is 6.04 Å². The second-order valence-corrected chi connectivity index (χ2v) is 5.31. The van der Waals surface area contributed by atoms with E-state index in [1.165, 1.54) is 5.56 Å². The van der Waals surface area contributed by atoms with E-state index in [1.807, 2.05) is 12.1 Å². The lowest BCUT2D eigenvalue weighted by molar-refractivity contribution is 0.0453. The van der Waals surface area contributed by atoms with Crippen LogP contribution in [0.1, 0.15) is 44.2 Å². The van der Waals surface area contributed by atoms with Gasteiger partial charge in [-0.05, 0) is 37.5 Å². The molecule has 1 aromatic carbocycles. The zero-order valence-corrected chi connectivity index (χ0v) is 11.3. The minimum absolute atomic E-state index is 0.250. The van der Waals surface area contributed by atoms with Crippen LogP contribution in [-0.4, -0.2) is 24.4 Å². The molecule has 1 atom stereocenters. The number of aliphatic hydroxyl groups is 1. The standard InChI is InChI=1S/C15H23NO2/c1-12(13-5-7-14(18-2)8-6-13)16-11-15(17)9-3-4-10-15/h5-8,12,16-17H,3-4,9-11H2,1-2H3/t12-/m0/s1. The van der Waals surface area contributed by atoms with Gasteiger partial charge in [0.25, 0.3) is 0 Å². The number of methoxy groups -OCH3 is 1. The van der Waals surface area contributed by atoms with Crippen LogP contribution < -0.4 is 10.1 Å². The Bertz CT molecular complexity index is 369. The molecular weight excluding hydrogens is 226 g/mol. The Balaban J connectivity index is 1.88. The van der Waals surface area contributed by atoms with Crippen LogP contribution in [0.2, 0.25) is 0 Å². The normalized spacial score (nSPS) is 19.7. The van der Waals surface area contributed by atoms with Crippen molar-refractivity contribution in [3.63, 3.8) is 0 Å². The summed E-state index contributed by atoms with van der Waals surface area (Å²) in [6.07, 6.45) is 4.15. The van der Waals surface area contributed by atoms with Gasteiger partial charge in [-0.3, -0.25) is 0 Å². The zero-order valence-electron chi connectivity index (χ0n) is 11.3. The molecule has 1 aliphatic carbocycles. The molecule has 1 aliphatic rings. The Morgan fingerprint density at radius 1 is 1.28 bits per heavy atom. The number of ether oxygens (including phenoxy) is 1. The van der Waals surface area contributed by atoms with E-state index in [4.69, 9.17) is 4.74 Å². The molecule has 0 amide bonds. The molecule has 1 aromatic rings. The Labute approximate surface area is 109 Å². The van der Waals surface area contributed by atoms with Crippen molar-refractivity contribution in [2.45, 2.75) is 44.2 Å². The van der Waals surface area contributed by atoms with Crippen molar-refractivity contribution in [2.24, 2.45) is 0 Å². The van der Waals surface area contributed by atoms with Gasteiger partial charge in [-0.2, -0.15) is 0 Å². The molecule has 1 fully saturated rings. The monoisotopic (exact) mass is 249 g/mol. The van der Waals surface area contributed by atoms with Gasteiger partial charge in [0.2, 0.25) is 0 Å². The third-order valence-electron chi connectivity index (χ3n) is 3.89. The second-order valence-electron chi connectivity index (χ2n) is 5.31. The summed E-state index contributed by atoms with van der Waals surface area (Å²) < 4.78 is 5.15. The van der Waals surface area contributed by atoms with Crippen LogP contribution in [0.15, 0.2) is 24.3 Å². The lowest BCUT2D eigenvalue weighted by atomic mass is 10.0. The number of benzene rings is 1. The van der Waals surface area contributed by atoms with Crippen LogP contribution in [-0.2, 0) is 0 Å². The highest BCUT2D eigenvalue weighted by Gasteiger charge is 2.30. The summed E-state index contributed by atoms with van der Waals surface area (Å²) in [5, 5.41) is 13.7. The zero-order chi connectivity index (χ0) is 13.0. The molecule has 0 aromatic heterocycles. The Morgan fingerprint density at radius 3 is 2.44 bits per heavy atom. The molecule has 0 aliphatic heterocycles. The molecule has 2 rings (SSSR count). The molecule has 2 N–H and O–H groups in total. The first kappa shape index (κ1) is 13.4. The smallest absolute Gasteiger partial charge is 0.118 e. The topological polar surface area (TPSA) is 41.5 Å². The molecule has 0 unspecified atom stereocenters. The summed E-state index contributed by atoms with van der Waals surface area (Å²) in [7, 11) is 1.67. The Morgan fingerprint density at radius 2 is 1.89 bits per heavy atom. The largest absolute Gasteiger partial charge is 0.497 e. The Hall–Kier alpha value is -1.06. The molecule has 0 heterocycles. The fraction of sp³-hybridized carbons (Fsp3) is 0.600. The van der Waals surface area contributed by atoms with Gasteiger partial charge in [0, 0.05) is 12.6 Å². The number of nitrogens with one attached hydrogen (secondary N) is 1. The third kappa shape index (κ3) is 3.24. The van der Waals surface area contributed by atoms with Crippen LogP contribution in [0.25, 0.3) is 0 Å². The van der Waals surface area contributed by atoms with Crippen molar-refractivity contribution in [3.05, 3.63) is 29.8 Å². The highest BCUT2D eigenvalue weighted by atomic mass is 16.5. The molecule has 3 nitrogen and oxygen atoms in total. The molecule has 0 saturated heterocycles. The lowest BCUT2D eigenvalue weighted by Crippen LogP contribution is -2.39. The van der Waals surface area contributed by atoms with Crippen LogP contribution in [0.4, 0.5) is 0 Å². The summed E-state index contributed by atoms with van der Waals surface area (Å²) in [5.41, 5.74) is 0.734. The molecule has 0 bridgehead atoms. The molecular formula is C15H23NO2. The van der Waals surface area contributed by atoms with E-state index < -0.39 is 5.60 Å². The van der Waals surface area contributed by atoms with Crippen LogP contribution >= 0.6 is 0 Å². The average Bonchev–Trinajstić information content (AvgIpc) is 2.83. The highest BCUT2D eigenvalue weighted by molar-refractivity contribution is 5.28. The van der Waals surface area contributed by atoms with Crippen molar-refractivity contribution >= 4 is 0 Å². The van der Waals surface area contributed by atoms with E-state index in [0.717, 1.165) is 31.4 Å². The van der Waals surface area contributed by atoms with E-state index >= 15 is 0 Å². The SMILES string of the molecule is COc1ccc([C@H](C)NCC2(O)CCCC2)cc1. The molecule has 1 saturated carbocycles. The summed E-state index contributed by atoms with van der Waals surface area (Å²) in [6.45, 7) is 2.81. The van der Waals surface area contributed by atoms with Crippen molar-refractivity contribution in [3.8, 4) is 5.75 Å². The molecule has 0 radical (unpaired) electrons. The van der Waals surface area contributed by atoms with Gasteiger partial charge in [-0.15, -0.1) is 0 Å². The third-order valence-corrected chi connectivity index (χ3v) is 3.89. The van der Waals surface area contributed by atoms with Crippen molar-refractivity contribution < 1.29 is 9.84 Å². The molecule has 18 heavy (non-hydrogen) atoms. The van der Waals surface area contributed by atoms with Gasteiger partial charge in [-0.25, -0.2) is 0 Å². The fourth-order valence-corrected chi connectivity index (χ4v) is 2.56. The Kier molecular flexibility index (Phi) is 4.25. The quantitative estimate of drug-likeness (QED) is 0.843. The molecule has 0 spiro atoms. The number of hydrogen-bond donors (Lipinski definition) is 2. The van der Waals surface area contributed by atoms with Crippen molar-refractivity contribution in [2.75, 3.05) is 13.7 Å². The maximum atomic E-state index is 10.3. The summed E-state index contributed by atoms with van der Waals surface area (Å²) in [5.74, 6) is 0.875. The van der Waals surface area contributed by atoms with Crippen LogP contribution in [0.3, 0.4) is 0 Å². The number of hydrogen-bond acceptors (Lipinski definition) is 3. The fourth-order valence-electron chi connectivity index (χ4n) is 2.56. The maximum Gasteiger partial charge on any atom is 0.118 e. The highest BCUT2D eigenvalue weighted by Crippen LogP contribution is 2.29. The molecule has 100 valence electrons. The van der Waals surface area contributed by atoms with Gasteiger partial charge in [0.05, 0.1) is 12.7 Å². The summed E-state index contributed by atoms with van der Waals surface area (Å²) >= 11 is 0. The maximum absolute atomic E-state index is 10.3. The number of rotatable bonds is 5. The van der Waals surface area contributed by atoms with E-state index in [2.05, 4.69) is 24.4 Å². The summed E-state index contributed by atoms with van der Waals surface area (Å²) in [6, 6.07) is 8.32. The van der Waals surface area contributed by atoms with Gasteiger partial charge in [0.1, 0.15) is 5.75 Å². The van der Waals surface area contributed by atoms with Crippen LogP contribution in [0, 0.1) is 0 Å². The van der Waals surface area contributed by atoms with Crippen molar-refractivity contribution in [1.29, 1.82) is 0 Å². The second kappa shape index (κ2) is 5.72. The first-order valence-corrected chi connectivity index (χ1v) is 6.73. The van der Waals surface area contributed by atoms with Gasteiger partial charge in [0.15, 0.2) is 0 Å². The van der Waals surface area contributed by atoms with E-state index in [1.54, 1.807) is 7.11 Å². The molecule has 3 heteroatoms. The average molecular weight is 249 g/mol. The van der Waals surface area contributed by atoms with Gasteiger partial charge >= 0.3 is 0 Å². The minimum atomic E-state index is -0.485. The van der Waals surface area contributed by atoms with E-state index in [0.29, 0.717) is 6.54 Å². The van der Waals surface area contributed by atoms with Crippen molar-refractivity contribution in [1.82, 2.24) is 5.32 Å². The predicted molar refractivity (Wildman–Crippen MR) is 72.8 cm³/mol. The first-order chi connectivity index (χ1) is 8.63. The minimum Gasteiger partial charge on any atom is -0.497 e. The lowest BCUT2D eigenvalue weighted by Gasteiger charge is -2.25. The van der Waals surface area contributed by atoms with Crippen LogP contribution in [0.5, 0.6) is 5.75 Å². The summed E-state index contributed by atoms with van der Waals surface area (Å²) in [4.78, 5) is 0.